The number of allylic oxidation sites excluding steroid dienone is 6. The Morgan fingerprint density at radius 2 is 1.81 bits per heavy atom. The number of fused-ring (bicyclic) bond motifs is 3. The number of benzene rings is 2. The Kier molecular flexibility index (Phi) is 2.71. The van der Waals surface area contributed by atoms with Gasteiger partial charge in [-0.25, -0.2) is 0 Å². The third kappa shape index (κ3) is 1.76. The van der Waals surface area contributed by atoms with Crippen molar-refractivity contribution < 1.29 is 0 Å². The second-order valence-corrected chi connectivity index (χ2v) is 5.91. The summed E-state index contributed by atoms with van der Waals surface area (Å²) in [5, 5.41) is 0. The molecule has 0 aromatic heterocycles. The van der Waals surface area contributed by atoms with E-state index in [-0.39, 0.29) is 0 Å². The third-order valence-corrected chi connectivity index (χ3v) is 4.44. The van der Waals surface area contributed by atoms with Crippen molar-refractivity contribution in [3.8, 4) is 11.1 Å². The fourth-order valence-electron chi connectivity index (χ4n) is 3.54. The predicted octanol–water partition coefficient (Wildman–Crippen LogP) is 5.43. The van der Waals surface area contributed by atoms with Crippen molar-refractivity contribution in [1.82, 2.24) is 0 Å². The van der Waals surface area contributed by atoms with Gasteiger partial charge in [-0.3, -0.25) is 0 Å². The molecule has 0 heteroatoms. The number of hydrogen-bond donors (Lipinski definition) is 0. The molecule has 2 aliphatic carbocycles. The second-order valence-electron chi connectivity index (χ2n) is 5.91. The molecule has 0 nitrogen and oxygen atoms in total. The summed E-state index contributed by atoms with van der Waals surface area (Å²) in [4.78, 5) is 0. The summed E-state index contributed by atoms with van der Waals surface area (Å²) in [7, 11) is 0. The maximum Gasteiger partial charge on any atom is 0.0364 e. The van der Waals surface area contributed by atoms with Crippen LogP contribution in [0.5, 0.6) is 0 Å². The smallest absolute Gasteiger partial charge is 0.0364 e. The number of hydrogen-bond acceptors (Lipinski definition) is 0. The summed E-state index contributed by atoms with van der Waals surface area (Å²) >= 11 is 0. The lowest BCUT2D eigenvalue weighted by Crippen LogP contribution is -2.02. The Balaban J connectivity index is 1.97. The van der Waals surface area contributed by atoms with Gasteiger partial charge in [-0.15, -0.1) is 0 Å². The van der Waals surface area contributed by atoms with Crippen LogP contribution in [0.2, 0.25) is 0 Å². The van der Waals surface area contributed by atoms with E-state index in [0.717, 1.165) is 0 Å². The highest BCUT2D eigenvalue weighted by atomic mass is 14.3. The van der Waals surface area contributed by atoms with Crippen molar-refractivity contribution in [1.29, 1.82) is 0 Å². The molecule has 2 aromatic carbocycles. The van der Waals surface area contributed by atoms with Gasteiger partial charge in [0.2, 0.25) is 0 Å². The monoisotopic (exact) mass is 269 g/mol. The fraction of sp³-hybridized carbons (Fsp3) is 0.143. The molecule has 21 heavy (non-hydrogen) atoms. The minimum absolute atomic E-state index is 0.317. The molecule has 0 spiro atoms. The van der Waals surface area contributed by atoms with Gasteiger partial charge >= 0.3 is 0 Å². The zero-order valence-corrected chi connectivity index (χ0v) is 12.4. The van der Waals surface area contributed by atoms with E-state index in [1.54, 1.807) is 0 Å². The average molecular weight is 269 g/mol. The Bertz CT molecular complexity index is 766. The van der Waals surface area contributed by atoms with Crippen molar-refractivity contribution in [2.45, 2.75) is 19.8 Å². The van der Waals surface area contributed by atoms with Crippen LogP contribution in [0.3, 0.4) is 0 Å². The van der Waals surface area contributed by atoms with Crippen LogP contribution in [0.4, 0.5) is 0 Å². The molecule has 0 saturated heterocycles. The molecule has 0 heterocycles. The van der Waals surface area contributed by atoms with E-state index in [4.69, 9.17) is 0 Å². The lowest BCUT2D eigenvalue weighted by molar-refractivity contribution is 0.995. The lowest BCUT2D eigenvalue weighted by Gasteiger charge is -2.18. The fourth-order valence-corrected chi connectivity index (χ4v) is 3.54. The maximum atomic E-state index is 3.49. The van der Waals surface area contributed by atoms with E-state index >= 15 is 0 Å². The van der Waals surface area contributed by atoms with Gasteiger partial charge in [-0.2, -0.15) is 0 Å². The van der Waals surface area contributed by atoms with Gasteiger partial charge in [-0.05, 0) is 53.3 Å². The van der Waals surface area contributed by atoms with Gasteiger partial charge in [0.1, 0.15) is 0 Å². The van der Waals surface area contributed by atoms with Crippen LogP contribution in [0.15, 0.2) is 77.4 Å². The van der Waals surface area contributed by atoms with E-state index in [0.29, 0.717) is 5.92 Å². The molecule has 0 amide bonds. The van der Waals surface area contributed by atoms with E-state index in [1.165, 1.54) is 39.0 Å². The van der Waals surface area contributed by atoms with Crippen LogP contribution in [0.25, 0.3) is 11.1 Å². The summed E-state index contributed by atoms with van der Waals surface area (Å²) in [5.74, 6) is 0.317. The summed E-state index contributed by atoms with van der Waals surface area (Å²) < 4.78 is 0. The van der Waals surface area contributed by atoms with Crippen LogP contribution in [-0.2, 0) is 0 Å². The molecule has 4 rings (SSSR count). The van der Waals surface area contributed by atoms with Gasteiger partial charge < -0.3 is 0 Å². The molecule has 1 atom stereocenters. The first kappa shape index (κ1) is 12.4. The average Bonchev–Trinajstić information content (AvgIpc) is 3.09. The lowest BCUT2D eigenvalue weighted by atomic mass is 9.85. The third-order valence-electron chi connectivity index (χ3n) is 4.44. The first-order valence-corrected chi connectivity index (χ1v) is 7.43. The Labute approximate surface area is 126 Å². The molecule has 101 valence electrons. The summed E-state index contributed by atoms with van der Waals surface area (Å²) in [6.07, 6.45) is 6.66. The van der Waals surface area contributed by atoms with Crippen molar-refractivity contribution in [2.24, 2.45) is 0 Å². The minimum atomic E-state index is 0.317. The highest BCUT2D eigenvalue weighted by Gasteiger charge is 2.32. The molecule has 1 radical (unpaired) electrons. The van der Waals surface area contributed by atoms with Crippen LogP contribution in [0.1, 0.15) is 30.9 Å². The van der Waals surface area contributed by atoms with E-state index in [1.807, 2.05) is 6.07 Å². The zero-order valence-electron chi connectivity index (χ0n) is 12.4. The predicted molar refractivity (Wildman–Crippen MR) is 88.2 cm³/mol. The maximum absolute atomic E-state index is 3.49. The van der Waals surface area contributed by atoms with Crippen molar-refractivity contribution in [3.63, 3.8) is 0 Å². The first-order chi connectivity index (χ1) is 10.3. The Morgan fingerprint density at radius 1 is 1.00 bits per heavy atom. The summed E-state index contributed by atoms with van der Waals surface area (Å²) in [6, 6.07) is 18.6. The zero-order chi connectivity index (χ0) is 14.4. The summed E-state index contributed by atoms with van der Waals surface area (Å²) in [5.41, 5.74) is 9.56. The van der Waals surface area contributed by atoms with Gasteiger partial charge in [-0.1, -0.05) is 66.3 Å². The van der Waals surface area contributed by atoms with E-state index in [9.17, 15) is 0 Å². The van der Waals surface area contributed by atoms with Crippen molar-refractivity contribution in [2.75, 3.05) is 0 Å². The minimum Gasteiger partial charge on any atom is -0.0689 e. The van der Waals surface area contributed by atoms with Crippen molar-refractivity contribution >= 4 is 0 Å². The topological polar surface area (TPSA) is 0 Å². The largest absolute Gasteiger partial charge is 0.0689 e. The SMILES string of the molecule is CC(C)=C1C=CC=C1C1c2[c]cccc2-c2ccccc21. The first-order valence-electron chi connectivity index (χ1n) is 7.43. The quantitative estimate of drug-likeness (QED) is 0.647. The standard InChI is InChI=1S/C21H17/c1-14(2)15-12-7-13-18(15)21-19-10-5-3-8-16(19)17-9-4-6-11-20(17)21/h3-10,12-13,21H,1-2H3. The van der Waals surface area contributed by atoms with Crippen LogP contribution < -0.4 is 0 Å². The van der Waals surface area contributed by atoms with E-state index < -0.39 is 0 Å². The molecule has 0 N–H and O–H groups in total. The molecule has 2 aliphatic rings. The van der Waals surface area contributed by atoms with Crippen LogP contribution in [0, 0.1) is 6.07 Å². The van der Waals surface area contributed by atoms with Gasteiger partial charge in [0.05, 0.1) is 0 Å². The van der Waals surface area contributed by atoms with Gasteiger partial charge in [0.25, 0.3) is 0 Å². The summed E-state index contributed by atoms with van der Waals surface area (Å²) in [6.45, 7) is 4.38. The molecule has 0 aliphatic heterocycles. The molecular formula is C21H17. The molecule has 1 unspecified atom stereocenters. The second kappa shape index (κ2) is 4.60. The molecule has 0 fully saturated rings. The Hall–Kier alpha value is -2.34. The Morgan fingerprint density at radius 3 is 2.67 bits per heavy atom. The number of rotatable bonds is 1. The normalized spacial score (nSPS) is 15.9. The molecule has 0 bridgehead atoms. The highest BCUT2D eigenvalue weighted by molar-refractivity contribution is 5.81. The van der Waals surface area contributed by atoms with Crippen molar-refractivity contribution in [3.05, 3.63) is 94.6 Å². The molecule has 2 aromatic rings. The van der Waals surface area contributed by atoms with Gasteiger partial charge in [0.15, 0.2) is 0 Å². The van der Waals surface area contributed by atoms with Crippen LogP contribution in [-0.4, -0.2) is 0 Å². The van der Waals surface area contributed by atoms with Gasteiger partial charge in [0, 0.05) is 5.92 Å². The highest BCUT2D eigenvalue weighted by Crippen LogP contribution is 2.50. The molecule has 0 saturated carbocycles. The molecular weight excluding hydrogens is 252 g/mol. The van der Waals surface area contributed by atoms with E-state index in [2.05, 4.69) is 74.5 Å². The van der Waals surface area contributed by atoms with Crippen LogP contribution >= 0.6 is 0 Å².